The third kappa shape index (κ3) is 3.52. The minimum absolute atomic E-state index is 0.161. The molecule has 0 bridgehead atoms. The van der Waals surface area contributed by atoms with Crippen molar-refractivity contribution in [2.75, 3.05) is 20.3 Å². The smallest absolute Gasteiger partial charge is 0.251 e. The summed E-state index contributed by atoms with van der Waals surface area (Å²) in [6.45, 7) is 6.42. The number of carbonyl (C=O) groups is 1. The fraction of sp³-hybridized carbons (Fsp3) is 0.308. The number of rotatable bonds is 6. The summed E-state index contributed by atoms with van der Waals surface area (Å²) < 4.78 is 10.5. The van der Waals surface area contributed by atoms with E-state index in [2.05, 4.69) is 11.9 Å². The molecule has 0 aliphatic rings. The first-order valence-corrected chi connectivity index (χ1v) is 5.42. The maximum atomic E-state index is 11.7. The maximum Gasteiger partial charge on any atom is 0.251 e. The van der Waals surface area contributed by atoms with Gasteiger partial charge in [0.15, 0.2) is 11.5 Å². The van der Waals surface area contributed by atoms with Gasteiger partial charge in [-0.15, -0.1) is 6.58 Å². The summed E-state index contributed by atoms with van der Waals surface area (Å²) in [6.07, 6.45) is 1.63. The molecule has 4 nitrogen and oxygen atoms in total. The summed E-state index contributed by atoms with van der Waals surface area (Å²) in [5.41, 5.74) is 0.534. The largest absolute Gasteiger partial charge is 0.493 e. The zero-order valence-corrected chi connectivity index (χ0v) is 10.2. The van der Waals surface area contributed by atoms with Crippen molar-refractivity contribution in [1.29, 1.82) is 0 Å². The van der Waals surface area contributed by atoms with Crippen LogP contribution in [-0.2, 0) is 0 Å². The number of methoxy groups -OCH3 is 1. The van der Waals surface area contributed by atoms with E-state index in [-0.39, 0.29) is 5.91 Å². The van der Waals surface area contributed by atoms with Crippen LogP contribution in [0.2, 0.25) is 0 Å². The van der Waals surface area contributed by atoms with E-state index in [1.54, 1.807) is 31.4 Å². The molecule has 92 valence electrons. The topological polar surface area (TPSA) is 47.6 Å². The molecule has 1 rings (SSSR count). The average molecular weight is 235 g/mol. The number of amides is 1. The summed E-state index contributed by atoms with van der Waals surface area (Å²) in [5.74, 6) is 1.03. The summed E-state index contributed by atoms with van der Waals surface area (Å²) in [4.78, 5) is 11.7. The van der Waals surface area contributed by atoms with E-state index >= 15 is 0 Å². The Balaban J connectivity index is 2.88. The Morgan fingerprint density at radius 3 is 2.82 bits per heavy atom. The first-order valence-electron chi connectivity index (χ1n) is 5.42. The molecule has 1 amide bonds. The molecule has 0 radical (unpaired) electrons. The van der Waals surface area contributed by atoms with Crippen LogP contribution >= 0.6 is 0 Å². The highest BCUT2D eigenvalue weighted by Crippen LogP contribution is 2.27. The van der Waals surface area contributed by atoms with Crippen LogP contribution in [0.4, 0.5) is 0 Å². The van der Waals surface area contributed by atoms with Gasteiger partial charge < -0.3 is 14.8 Å². The van der Waals surface area contributed by atoms with Crippen molar-refractivity contribution in [1.82, 2.24) is 5.32 Å². The predicted molar refractivity (Wildman–Crippen MR) is 66.7 cm³/mol. The number of nitrogens with one attached hydrogen (secondary N) is 1. The molecule has 0 aromatic heterocycles. The van der Waals surface area contributed by atoms with Gasteiger partial charge in [-0.05, 0) is 25.1 Å². The Labute approximate surface area is 101 Å². The Morgan fingerprint density at radius 1 is 1.47 bits per heavy atom. The van der Waals surface area contributed by atoms with Crippen LogP contribution in [-0.4, -0.2) is 26.2 Å². The number of carbonyl (C=O) groups excluding carboxylic acids is 1. The normalized spacial score (nSPS) is 9.53. The second kappa shape index (κ2) is 6.58. The third-order valence-electron chi connectivity index (χ3n) is 2.13. The van der Waals surface area contributed by atoms with E-state index in [4.69, 9.17) is 9.47 Å². The lowest BCUT2D eigenvalue weighted by molar-refractivity contribution is 0.0957. The fourth-order valence-electron chi connectivity index (χ4n) is 1.35. The minimum atomic E-state index is -0.161. The Kier molecular flexibility index (Phi) is 5.07. The fourth-order valence-corrected chi connectivity index (χ4v) is 1.35. The first-order chi connectivity index (χ1) is 8.22. The van der Waals surface area contributed by atoms with Crippen LogP contribution in [0.25, 0.3) is 0 Å². The van der Waals surface area contributed by atoms with Crippen LogP contribution in [0, 0.1) is 0 Å². The molecule has 0 spiro atoms. The zero-order valence-electron chi connectivity index (χ0n) is 10.2. The standard InChI is InChI=1S/C13H17NO3/c1-4-8-14-13(15)10-6-7-11(17-5-2)12(9-10)16-3/h4,6-7,9H,1,5,8H2,2-3H3,(H,14,15). The lowest BCUT2D eigenvalue weighted by Gasteiger charge is -2.10. The molecule has 0 unspecified atom stereocenters. The van der Waals surface area contributed by atoms with Gasteiger partial charge in [0.2, 0.25) is 0 Å². The Morgan fingerprint density at radius 2 is 2.24 bits per heavy atom. The molecule has 1 aromatic rings. The monoisotopic (exact) mass is 235 g/mol. The summed E-state index contributed by atoms with van der Waals surface area (Å²) in [6, 6.07) is 5.08. The average Bonchev–Trinajstić information content (AvgIpc) is 2.36. The van der Waals surface area contributed by atoms with Gasteiger partial charge in [0.1, 0.15) is 0 Å². The first kappa shape index (κ1) is 13.1. The van der Waals surface area contributed by atoms with Gasteiger partial charge in [0, 0.05) is 12.1 Å². The molecule has 0 aliphatic heterocycles. The number of benzene rings is 1. The summed E-state index contributed by atoms with van der Waals surface area (Å²) in [7, 11) is 1.54. The van der Waals surface area contributed by atoms with Crippen LogP contribution in [0.1, 0.15) is 17.3 Å². The Hall–Kier alpha value is -1.97. The van der Waals surface area contributed by atoms with Crippen LogP contribution in [0.15, 0.2) is 30.9 Å². The van der Waals surface area contributed by atoms with Crippen molar-refractivity contribution in [3.8, 4) is 11.5 Å². The molecule has 4 heteroatoms. The molecule has 1 aromatic carbocycles. The molecule has 0 fully saturated rings. The van der Waals surface area contributed by atoms with E-state index in [1.165, 1.54) is 0 Å². The van der Waals surface area contributed by atoms with E-state index < -0.39 is 0 Å². The number of hydrogen-bond donors (Lipinski definition) is 1. The van der Waals surface area contributed by atoms with Crippen LogP contribution in [0.3, 0.4) is 0 Å². The minimum Gasteiger partial charge on any atom is -0.493 e. The second-order valence-electron chi connectivity index (χ2n) is 3.30. The molecule has 0 saturated carbocycles. The summed E-state index contributed by atoms with van der Waals surface area (Å²) in [5, 5.41) is 2.70. The van der Waals surface area contributed by atoms with E-state index in [0.717, 1.165) is 0 Å². The Bertz CT molecular complexity index is 402. The highest BCUT2D eigenvalue weighted by Gasteiger charge is 2.09. The molecule has 0 aliphatic carbocycles. The lowest BCUT2D eigenvalue weighted by atomic mass is 10.2. The quantitative estimate of drug-likeness (QED) is 0.767. The molecule has 1 N–H and O–H groups in total. The van der Waals surface area contributed by atoms with E-state index in [0.29, 0.717) is 30.2 Å². The molecule has 0 heterocycles. The van der Waals surface area contributed by atoms with Crippen molar-refractivity contribution in [3.63, 3.8) is 0 Å². The van der Waals surface area contributed by atoms with Crippen LogP contribution in [0.5, 0.6) is 11.5 Å². The second-order valence-corrected chi connectivity index (χ2v) is 3.30. The predicted octanol–water partition coefficient (Wildman–Crippen LogP) is 2.01. The maximum absolute atomic E-state index is 11.7. The van der Waals surface area contributed by atoms with Gasteiger partial charge in [0.05, 0.1) is 13.7 Å². The molecule has 0 atom stereocenters. The number of hydrogen-bond acceptors (Lipinski definition) is 3. The molecular weight excluding hydrogens is 218 g/mol. The third-order valence-corrected chi connectivity index (χ3v) is 2.13. The van der Waals surface area contributed by atoms with E-state index in [1.807, 2.05) is 6.92 Å². The zero-order chi connectivity index (χ0) is 12.7. The molecular formula is C13H17NO3. The highest BCUT2D eigenvalue weighted by molar-refractivity contribution is 5.94. The number of ether oxygens (including phenoxy) is 2. The van der Waals surface area contributed by atoms with Gasteiger partial charge in [0.25, 0.3) is 5.91 Å². The summed E-state index contributed by atoms with van der Waals surface area (Å²) >= 11 is 0. The molecule has 0 saturated heterocycles. The van der Waals surface area contributed by atoms with Gasteiger partial charge in [-0.25, -0.2) is 0 Å². The lowest BCUT2D eigenvalue weighted by Crippen LogP contribution is -2.23. The van der Waals surface area contributed by atoms with Gasteiger partial charge >= 0.3 is 0 Å². The molecule has 17 heavy (non-hydrogen) atoms. The van der Waals surface area contributed by atoms with Crippen molar-refractivity contribution >= 4 is 5.91 Å². The van der Waals surface area contributed by atoms with Crippen molar-refractivity contribution in [2.45, 2.75) is 6.92 Å². The van der Waals surface area contributed by atoms with Crippen molar-refractivity contribution < 1.29 is 14.3 Å². The van der Waals surface area contributed by atoms with Crippen molar-refractivity contribution in [2.24, 2.45) is 0 Å². The van der Waals surface area contributed by atoms with Crippen LogP contribution < -0.4 is 14.8 Å². The van der Waals surface area contributed by atoms with Gasteiger partial charge in [-0.3, -0.25) is 4.79 Å². The van der Waals surface area contributed by atoms with Crippen molar-refractivity contribution in [3.05, 3.63) is 36.4 Å². The van der Waals surface area contributed by atoms with Gasteiger partial charge in [-0.1, -0.05) is 6.08 Å². The van der Waals surface area contributed by atoms with Gasteiger partial charge in [-0.2, -0.15) is 0 Å². The highest BCUT2D eigenvalue weighted by atomic mass is 16.5. The SMILES string of the molecule is C=CCNC(=O)c1ccc(OCC)c(OC)c1. The van der Waals surface area contributed by atoms with E-state index in [9.17, 15) is 4.79 Å².